The zero-order valence-electron chi connectivity index (χ0n) is 12.6. The topological polar surface area (TPSA) is 43.4 Å². The number of halogens is 1. The zero-order valence-corrected chi connectivity index (χ0v) is 14.1. The molecule has 0 saturated heterocycles. The third-order valence-electron chi connectivity index (χ3n) is 3.14. The van der Waals surface area contributed by atoms with Crippen LogP contribution < -0.4 is 5.32 Å². The van der Waals surface area contributed by atoms with Crippen molar-refractivity contribution >= 4 is 33.2 Å². The molecule has 0 aliphatic rings. The van der Waals surface area contributed by atoms with Crippen molar-refractivity contribution in [2.24, 2.45) is 0 Å². The molecule has 6 heteroatoms. The molecule has 0 unspecified atom stereocenters. The zero-order chi connectivity index (χ0) is 15.2. The first-order chi connectivity index (χ1) is 10.2. The van der Waals surface area contributed by atoms with E-state index in [0.717, 1.165) is 15.8 Å². The monoisotopic (exact) mass is 328 g/mol. The molecule has 2 aromatic heterocycles. The quantitative estimate of drug-likeness (QED) is 0.591. The Morgan fingerprint density at radius 2 is 2.00 bits per heavy atom. The minimum Gasteiger partial charge on any atom is -0.351 e. The molecule has 21 heavy (non-hydrogen) atoms. The van der Waals surface area contributed by atoms with Crippen LogP contribution in [0.15, 0.2) is 17.5 Å². The standard InChI is InChI=1S/C15H21ClN2O2S/c1-4-19-15(20-5-2)10(3)17-8-11-9-21-12-6-7-13(16)18-14(11)12/h6-7,9-10,15,17H,4-5,8H2,1-3H3/t10-/m0/s1. The Morgan fingerprint density at radius 3 is 2.67 bits per heavy atom. The smallest absolute Gasteiger partial charge is 0.172 e. The van der Waals surface area contributed by atoms with Crippen LogP contribution in [0.4, 0.5) is 0 Å². The van der Waals surface area contributed by atoms with Gasteiger partial charge in [-0.3, -0.25) is 0 Å². The lowest BCUT2D eigenvalue weighted by atomic mass is 10.2. The van der Waals surface area contributed by atoms with Gasteiger partial charge >= 0.3 is 0 Å². The number of pyridine rings is 1. The lowest BCUT2D eigenvalue weighted by Crippen LogP contribution is -2.40. The second-order valence-corrected chi connectivity index (χ2v) is 5.99. The number of rotatable bonds is 8. The van der Waals surface area contributed by atoms with Crippen molar-refractivity contribution in [3.05, 3.63) is 28.2 Å². The van der Waals surface area contributed by atoms with Crippen molar-refractivity contribution in [1.82, 2.24) is 10.3 Å². The van der Waals surface area contributed by atoms with Gasteiger partial charge in [-0.15, -0.1) is 11.3 Å². The van der Waals surface area contributed by atoms with Gasteiger partial charge in [0.05, 0.1) is 16.3 Å². The summed E-state index contributed by atoms with van der Waals surface area (Å²) >= 11 is 7.66. The predicted octanol–water partition coefficient (Wildman–Crippen LogP) is 3.83. The van der Waals surface area contributed by atoms with E-state index in [2.05, 4.69) is 22.6 Å². The van der Waals surface area contributed by atoms with Crippen LogP contribution in [0.2, 0.25) is 5.15 Å². The fourth-order valence-corrected chi connectivity index (χ4v) is 3.14. The summed E-state index contributed by atoms with van der Waals surface area (Å²) in [7, 11) is 0. The Hall–Kier alpha value is -0.720. The normalized spacial score (nSPS) is 13.2. The maximum absolute atomic E-state index is 5.98. The number of thiophene rings is 1. The third kappa shape index (κ3) is 4.37. The third-order valence-corrected chi connectivity index (χ3v) is 4.34. The molecule has 0 fully saturated rings. The average Bonchev–Trinajstić information content (AvgIpc) is 2.87. The summed E-state index contributed by atoms with van der Waals surface area (Å²) in [5.74, 6) is 0. The van der Waals surface area contributed by atoms with E-state index in [0.29, 0.717) is 24.9 Å². The summed E-state index contributed by atoms with van der Waals surface area (Å²) in [5.41, 5.74) is 2.12. The minimum absolute atomic E-state index is 0.0963. The molecule has 0 amide bonds. The molecule has 2 rings (SSSR count). The van der Waals surface area contributed by atoms with E-state index in [1.165, 1.54) is 0 Å². The molecular formula is C15H21ClN2O2S. The first kappa shape index (κ1) is 16.6. The molecule has 0 aliphatic carbocycles. The van der Waals surface area contributed by atoms with Crippen LogP contribution in [0.1, 0.15) is 26.3 Å². The molecule has 0 aromatic carbocycles. The van der Waals surface area contributed by atoms with Gasteiger partial charge in [-0.05, 0) is 38.3 Å². The Balaban J connectivity index is 2.01. The summed E-state index contributed by atoms with van der Waals surface area (Å²) < 4.78 is 12.4. The van der Waals surface area contributed by atoms with Gasteiger partial charge in [0.25, 0.3) is 0 Å². The van der Waals surface area contributed by atoms with Crippen LogP contribution in [-0.4, -0.2) is 30.5 Å². The molecule has 2 aromatic rings. The Bertz CT molecular complexity index is 570. The molecule has 0 bridgehead atoms. The molecular weight excluding hydrogens is 308 g/mol. The molecule has 1 atom stereocenters. The van der Waals surface area contributed by atoms with Crippen molar-refractivity contribution in [3.8, 4) is 0 Å². The number of nitrogens with one attached hydrogen (secondary N) is 1. The second kappa shape index (κ2) is 8.06. The summed E-state index contributed by atoms with van der Waals surface area (Å²) in [6, 6.07) is 3.92. The maximum Gasteiger partial charge on any atom is 0.172 e. The molecule has 1 N–H and O–H groups in total. The summed E-state index contributed by atoms with van der Waals surface area (Å²) in [5, 5.41) is 6.08. The van der Waals surface area contributed by atoms with Crippen molar-refractivity contribution in [1.29, 1.82) is 0 Å². The van der Waals surface area contributed by atoms with Crippen molar-refractivity contribution in [2.75, 3.05) is 13.2 Å². The molecule has 2 heterocycles. The van der Waals surface area contributed by atoms with Gasteiger partial charge in [-0.2, -0.15) is 0 Å². The lowest BCUT2D eigenvalue weighted by molar-refractivity contribution is -0.151. The molecule has 0 spiro atoms. The van der Waals surface area contributed by atoms with Crippen LogP contribution >= 0.6 is 22.9 Å². The summed E-state index contributed by atoms with van der Waals surface area (Å²) in [6.45, 7) is 7.98. The van der Waals surface area contributed by atoms with Gasteiger partial charge in [0.15, 0.2) is 6.29 Å². The van der Waals surface area contributed by atoms with Gasteiger partial charge < -0.3 is 14.8 Å². The predicted molar refractivity (Wildman–Crippen MR) is 88.0 cm³/mol. The highest BCUT2D eigenvalue weighted by Crippen LogP contribution is 2.25. The highest BCUT2D eigenvalue weighted by Gasteiger charge is 2.17. The average molecular weight is 329 g/mol. The van der Waals surface area contributed by atoms with Gasteiger partial charge in [0, 0.05) is 25.3 Å². The van der Waals surface area contributed by atoms with Crippen molar-refractivity contribution in [3.63, 3.8) is 0 Å². The number of hydrogen-bond acceptors (Lipinski definition) is 5. The van der Waals surface area contributed by atoms with Crippen LogP contribution in [0, 0.1) is 0 Å². The molecule has 0 aliphatic heterocycles. The van der Waals surface area contributed by atoms with E-state index in [4.69, 9.17) is 21.1 Å². The number of ether oxygens (including phenoxy) is 2. The Kier molecular flexibility index (Phi) is 6.39. The van der Waals surface area contributed by atoms with E-state index in [-0.39, 0.29) is 12.3 Å². The second-order valence-electron chi connectivity index (χ2n) is 4.69. The summed E-state index contributed by atoms with van der Waals surface area (Å²) in [6.07, 6.45) is -0.235. The van der Waals surface area contributed by atoms with Crippen molar-refractivity contribution in [2.45, 2.75) is 39.6 Å². The highest BCUT2D eigenvalue weighted by molar-refractivity contribution is 7.17. The van der Waals surface area contributed by atoms with E-state index in [1.54, 1.807) is 11.3 Å². The van der Waals surface area contributed by atoms with Crippen LogP contribution in [0.25, 0.3) is 10.2 Å². The van der Waals surface area contributed by atoms with E-state index in [9.17, 15) is 0 Å². The fraction of sp³-hybridized carbons (Fsp3) is 0.533. The van der Waals surface area contributed by atoms with E-state index >= 15 is 0 Å². The van der Waals surface area contributed by atoms with Gasteiger partial charge in [0.2, 0.25) is 0 Å². The summed E-state index contributed by atoms with van der Waals surface area (Å²) in [4.78, 5) is 4.40. The van der Waals surface area contributed by atoms with E-state index in [1.807, 2.05) is 26.0 Å². The maximum atomic E-state index is 5.98. The van der Waals surface area contributed by atoms with Crippen LogP contribution in [-0.2, 0) is 16.0 Å². The largest absolute Gasteiger partial charge is 0.351 e. The Morgan fingerprint density at radius 1 is 1.29 bits per heavy atom. The van der Waals surface area contributed by atoms with Gasteiger partial charge in [-0.1, -0.05) is 11.6 Å². The van der Waals surface area contributed by atoms with Gasteiger partial charge in [-0.25, -0.2) is 4.98 Å². The molecule has 0 saturated carbocycles. The molecule has 4 nitrogen and oxygen atoms in total. The van der Waals surface area contributed by atoms with E-state index < -0.39 is 0 Å². The minimum atomic E-state index is -0.235. The number of fused-ring (bicyclic) bond motifs is 1. The highest BCUT2D eigenvalue weighted by atomic mass is 35.5. The number of nitrogens with zero attached hydrogens (tertiary/aromatic N) is 1. The SMILES string of the molecule is CCOC(OCC)[C@H](C)NCc1csc2ccc(Cl)nc12. The first-order valence-corrected chi connectivity index (χ1v) is 8.40. The Labute approximate surface area is 134 Å². The van der Waals surface area contributed by atoms with Crippen LogP contribution in [0.3, 0.4) is 0 Å². The number of hydrogen-bond donors (Lipinski definition) is 1. The van der Waals surface area contributed by atoms with Crippen molar-refractivity contribution < 1.29 is 9.47 Å². The molecule has 116 valence electrons. The van der Waals surface area contributed by atoms with Gasteiger partial charge in [0.1, 0.15) is 5.15 Å². The fourth-order valence-electron chi connectivity index (χ4n) is 2.10. The molecule has 0 radical (unpaired) electrons. The number of aromatic nitrogens is 1. The van der Waals surface area contributed by atoms with Crippen LogP contribution in [0.5, 0.6) is 0 Å². The lowest BCUT2D eigenvalue weighted by Gasteiger charge is -2.24. The first-order valence-electron chi connectivity index (χ1n) is 7.14.